The number of benzene rings is 2. The number of hydrogen-bond acceptors (Lipinski definition) is 3. The van der Waals surface area contributed by atoms with Crippen molar-refractivity contribution < 1.29 is 4.42 Å². The van der Waals surface area contributed by atoms with Crippen LogP contribution in [-0.4, -0.2) is 10.2 Å². The molecule has 1 heterocycles. The Hall–Kier alpha value is -1.55. The minimum atomic E-state index is 0.335. The van der Waals surface area contributed by atoms with E-state index in [1.807, 2.05) is 12.1 Å². The smallest absolute Gasteiger partial charge is 0.249 e. The number of nitrogens with zero attached hydrogens (tertiary/aromatic N) is 2. The maximum Gasteiger partial charge on any atom is 0.249 e. The lowest BCUT2D eigenvalue weighted by molar-refractivity contribution is 0.584. The fraction of sp³-hybridized carbons (Fsp3) is 0. The second-order valence-electron chi connectivity index (χ2n) is 4.05. The monoisotopic (exact) mass is 324 g/mol. The first-order chi connectivity index (χ1) is 9.63. The van der Waals surface area contributed by atoms with E-state index >= 15 is 0 Å². The van der Waals surface area contributed by atoms with Crippen LogP contribution in [-0.2, 0) is 0 Å². The maximum atomic E-state index is 6.11. The van der Waals surface area contributed by atoms with Crippen LogP contribution < -0.4 is 0 Å². The van der Waals surface area contributed by atoms with Crippen LogP contribution >= 0.6 is 34.8 Å². The van der Waals surface area contributed by atoms with E-state index in [0.29, 0.717) is 32.4 Å². The molecule has 0 aliphatic rings. The van der Waals surface area contributed by atoms with Crippen LogP contribution in [0.4, 0.5) is 0 Å². The van der Waals surface area contributed by atoms with Gasteiger partial charge >= 0.3 is 0 Å². The molecule has 6 heteroatoms. The Bertz CT molecular complexity index is 771. The molecule has 3 rings (SSSR count). The largest absolute Gasteiger partial charge is 0.416 e. The lowest BCUT2D eigenvalue weighted by Gasteiger charge is -1.99. The highest BCUT2D eigenvalue weighted by atomic mass is 35.5. The first-order valence-electron chi connectivity index (χ1n) is 5.68. The van der Waals surface area contributed by atoms with Crippen molar-refractivity contribution in [1.82, 2.24) is 10.2 Å². The minimum Gasteiger partial charge on any atom is -0.416 e. The second kappa shape index (κ2) is 5.44. The van der Waals surface area contributed by atoms with Crippen molar-refractivity contribution in [2.75, 3.05) is 0 Å². The number of aromatic nitrogens is 2. The lowest BCUT2D eigenvalue weighted by Crippen LogP contribution is -1.79. The van der Waals surface area contributed by atoms with E-state index in [1.54, 1.807) is 30.3 Å². The SMILES string of the molecule is Clc1cccc(-c2nnc(-c3ccc(Cl)cc3Cl)o2)c1. The summed E-state index contributed by atoms with van der Waals surface area (Å²) in [5.41, 5.74) is 1.39. The van der Waals surface area contributed by atoms with Crippen molar-refractivity contribution in [2.45, 2.75) is 0 Å². The fourth-order valence-electron chi connectivity index (χ4n) is 1.73. The Morgan fingerprint density at radius 3 is 2.30 bits per heavy atom. The quantitative estimate of drug-likeness (QED) is 0.636. The summed E-state index contributed by atoms with van der Waals surface area (Å²) in [7, 11) is 0. The molecule has 1 aromatic heterocycles. The highest BCUT2D eigenvalue weighted by Crippen LogP contribution is 2.31. The van der Waals surface area contributed by atoms with E-state index in [2.05, 4.69) is 10.2 Å². The molecular formula is C14H7Cl3N2O. The zero-order chi connectivity index (χ0) is 14.1. The van der Waals surface area contributed by atoms with E-state index in [1.165, 1.54) is 0 Å². The zero-order valence-electron chi connectivity index (χ0n) is 9.98. The molecule has 20 heavy (non-hydrogen) atoms. The van der Waals surface area contributed by atoms with Crippen molar-refractivity contribution >= 4 is 34.8 Å². The van der Waals surface area contributed by atoms with Crippen molar-refractivity contribution in [2.24, 2.45) is 0 Å². The zero-order valence-corrected chi connectivity index (χ0v) is 12.2. The molecule has 0 fully saturated rings. The molecule has 0 saturated carbocycles. The van der Waals surface area contributed by atoms with Gasteiger partial charge in [0.2, 0.25) is 11.8 Å². The number of halogens is 3. The van der Waals surface area contributed by atoms with Crippen molar-refractivity contribution in [3.63, 3.8) is 0 Å². The van der Waals surface area contributed by atoms with E-state index in [-0.39, 0.29) is 0 Å². The highest BCUT2D eigenvalue weighted by molar-refractivity contribution is 6.36. The van der Waals surface area contributed by atoms with Crippen LogP contribution in [0.3, 0.4) is 0 Å². The Morgan fingerprint density at radius 1 is 0.800 bits per heavy atom. The summed E-state index contributed by atoms with van der Waals surface area (Å²) in [6.45, 7) is 0. The van der Waals surface area contributed by atoms with Crippen molar-refractivity contribution in [3.8, 4) is 22.9 Å². The molecular weight excluding hydrogens is 319 g/mol. The summed E-state index contributed by atoms with van der Waals surface area (Å²) >= 11 is 17.9. The predicted molar refractivity (Wildman–Crippen MR) is 80.2 cm³/mol. The molecule has 0 saturated heterocycles. The molecule has 0 aliphatic heterocycles. The van der Waals surface area contributed by atoms with Crippen LogP contribution in [0.25, 0.3) is 22.9 Å². The average Bonchev–Trinajstić information content (AvgIpc) is 2.88. The minimum absolute atomic E-state index is 0.335. The van der Waals surface area contributed by atoms with Gasteiger partial charge in [-0.1, -0.05) is 40.9 Å². The normalized spacial score (nSPS) is 10.8. The van der Waals surface area contributed by atoms with Crippen LogP contribution in [0, 0.1) is 0 Å². The Morgan fingerprint density at radius 2 is 1.55 bits per heavy atom. The number of hydrogen-bond donors (Lipinski definition) is 0. The molecule has 0 atom stereocenters. The standard InChI is InChI=1S/C14H7Cl3N2O/c15-9-3-1-2-8(6-9)13-18-19-14(20-13)11-5-4-10(16)7-12(11)17/h1-7H. The van der Waals surface area contributed by atoms with Crippen molar-refractivity contribution in [1.29, 1.82) is 0 Å². The van der Waals surface area contributed by atoms with Gasteiger partial charge in [0, 0.05) is 15.6 Å². The van der Waals surface area contributed by atoms with Crippen LogP contribution in [0.15, 0.2) is 46.9 Å². The van der Waals surface area contributed by atoms with Crippen LogP contribution in [0.2, 0.25) is 15.1 Å². The summed E-state index contributed by atoms with van der Waals surface area (Å²) < 4.78 is 5.62. The summed E-state index contributed by atoms with van der Waals surface area (Å²) in [4.78, 5) is 0. The third kappa shape index (κ3) is 2.66. The third-order valence-corrected chi connectivity index (χ3v) is 3.44. The first-order valence-corrected chi connectivity index (χ1v) is 6.82. The first kappa shape index (κ1) is 13.4. The molecule has 3 aromatic rings. The molecule has 0 radical (unpaired) electrons. The molecule has 2 aromatic carbocycles. The van der Waals surface area contributed by atoms with Crippen LogP contribution in [0.5, 0.6) is 0 Å². The van der Waals surface area contributed by atoms with Gasteiger partial charge in [-0.2, -0.15) is 0 Å². The molecule has 0 bridgehead atoms. The third-order valence-electron chi connectivity index (χ3n) is 2.66. The van der Waals surface area contributed by atoms with Gasteiger partial charge < -0.3 is 4.42 Å². The molecule has 0 N–H and O–H groups in total. The van der Waals surface area contributed by atoms with E-state index in [0.717, 1.165) is 5.56 Å². The Labute approximate surface area is 130 Å². The molecule has 100 valence electrons. The van der Waals surface area contributed by atoms with Gasteiger partial charge in [0.1, 0.15) is 0 Å². The highest BCUT2D eigenvalue weighted by Gasteiger charge is 2.13. The molecule has 3 nitrogen and oxygen atoms in total. The van der Waals surface area contributed by atoms with Gasteiger partial charge in [0.25, 0.3) is 0 Å². The summed E-state index contributed by atoms with van der Waals surface area (Å²) in [6, 6.07) is 12.3. The molecule has 0 spiro atoms. The van der Waals surface area contributed by atoms with Gasteiger partial charge in [0.05, 0.1) is 10.6 Å². The topological polar surface area (TPSA) is 38.9 Å². The maximum absolute atomic E-state index is 6.11. The van der Waals surface area contributed by atoms with Gasteiger partial charge in [-0.15, -0.1) is 10.2 Å². The van der Waals surface area contributed by atoms with E-state index in [4.69, 9.17) is 39.2 Å². The summed E-state index contributed by atoms with van der Waals surface area (Å²) in [5.74, 6) is 0.718. The van der Waals surface area contributed by atoms with Gasteiger partial charge in [0.15, 0.2) is 0 Å². The summed E-state index contributed by atoms with van der Waals surface area (Å²) in [5, 5.41) is 9.61. The van der Waals surface area contributed by atoms with Gasteiger partial charge in [-0.05, 0) is 36.4 Å². The molecule has 0 aliphatic carbocycles. The fourth-order valence-corrected chi connectivity index (χ4v) is 2.41. The Kier molecular flexibility index (Phi) is 3.66. The Balaban J connectivity index is 2.02. The van der Waals surface area contributed by atoms with Crippen molar-refractivity contribution in [3.05, 3.63) is 57.5 Å². The average molecular weight is 326 g/mol. The van der Waals surface area contributed by atoms with E-state index < -0.39 is 0 Å². The molecule has 0 unspecified atom stereocenters. The predicted octanol–water partition coefficient (Wildman–Crippen LogP) is 5.36. The molecule has 0 amide bonds. The lowest BCUT2D eigenvalue weighted by atomic mass is 10.2. The van der Waals surface area contributed by atoms with Gasteiger partial charge in [-0.3, -0.25) is 0 Å². The van der Waals surface area contributed by atoms with E-state index in [9.17, 15) is 0 Å². The van der Waals surface area contributed by atoms with Gasteiger partial charge in [-0.25, -0.2) is 0 Å². The second-order valence-corrected chi connectivity index (χ2v) is 5.33. The number of rotatable bonds is 2. The van der Waals surface area contributed by atoms with Crippen LogP contribution in [0.1, 0.15) is 0 Å². The summed E-state index contributed by atoms with van der Waals surface area (Å²) in [6.07, 6.45) is 0.